The molecule has 0 amide bonds. The Morgan fingerprint density at radius 2 is 0.481 bits per heavy atom. The van der Waals surface area contributed by atoms with E-state index in [9.17, 15) is 0 Å². The van der Waals surface area contributed by atoms with Crippen molar-refractivity contribution in [2.24, 2.45) is 0 Å². The zero-order valence-corrected chi connectivity index (χ0v) is 56.1. The van der Waals surface area contributed by atoms with E-state index in [0.717, 1.165) is 177 Å². The van der Waals surface area contributed by atoms with Crippen molar-refractivity contribution in [3.05, 3.63) is 352 Å². The summed E-state index contributed by atoms with van der Waals surface area (Å²) in [6.07, 6.45) is 5.52. The summed E-state index contributed by atoms with van der Waals surface area (Å²) in [5.74, 6) is 0. The van der Waals surface area contributed by atoms with E-state index in [0.29, 0.717) is 0 Å². The minimum absolute atomic E-state index is 0.921. The van der Waals surface area contributed by atoms with Gasteiger partial charge in [-0.15, -0.1) is 0 Å². The Kier molecular flexibility index (Phi) is 14.4. The van der Waals surface area contributed by atoms with Crippen LogP contribution >= 0.6 is 0 Å². The quantitative estimate of drug-likeness (QED) is 0.139. The lowest BCUT2D eigenvalue weighted by atomic mass is 9.93. The first-order valence-electron chi connectivity index (χ1n) is 35.0. The molecule has 0 radical (unpaired) electrons. The lowest BCUT2D eigenvalue weighted by Gasteiger charge is -2.12. The molecule has 0 fully saturated rings. The first-order chi connectivity index (χ1) is 51.5. The smallest absolute Gasteiger partial charge is 0.0972 e. The number of rotatable bonds is 8. The summed E-state index contributed by atoms with van der Waals surface area (Å²) < 4.78 is 0. The summed E-state index contributed by atoms with van der Waals surface area (Å²) in [7, 11) is 0. The van der Waals surface area contributed by atoms with E-state index in [1.165, 1.54) is 32.3 Å². The second-order valence-corrected chi connectivity index (χ2v) is 26.6. The minimum atomic E-state index is 0.921. The third kappa shape index (κ3) is 10.8. The fourth-order valence-electron chi connectivity index (χ4n) is 15.1. The number of hydrogen-bond donors (Lipinski definition) is 0. The molecule has 13 aromatic carbocycles. The van der Waals surface area contributed by atoms with Crippen molar-refractivity contribution in [1.29, 1.82) is 0 Å². The van der Waals surface area contributed by atoms with Gasteiger partial charge in [0.1, 0.15) is 0 Å². The highest BCUT2D eigenvalue weighted by Gasteiger charge is 2.16. The van der Waals surface area contributed by atoms with Gasteiger partial charge in [0.15, 0.2) is 0 Å². The Morgan fingerprint density at radius 3 is 0.962 bits per heavy atom. The predicted molar refractivity (Wildman–Crippen MR) is 431 cm³/mol. The van der Waals surface area contributed by atoms with E-state index < -0.39 is 0 Å². The van der Waals surface area contributed by atoms with Gasteiger partial charge in [-0.05, 0) is 169 Å². The fourth-order valence-corrected chi connectivity index (χ4v) is 15.1. The van der Waals surface area contributed by atoms with Crippen LogP contribution in [0.15, 0.2) is 352 Å². The van der Waals surface area contributed by atoms with E-state index in [4.69, 9.17) is 24.9 Å². The van der Waals surface area contributed by atoms with Crippen molar-refractivity contribution >= 4 is 120 Å². The molecule has 482 valence electrons. The van der Waals surface area contributed by atoms with E-state index >= 15 is 0 Å². The SMILES string of the molecule is c1ccc(-c2ccc3cc(-c4ccc5nc(-c6ccc(-c7ccnc8c7ccc7cccnc78)cc6)ccc5c4)ccc3n2)cc1.c1cnc2c(c1)ccc1ccc(-c3ccc(-c4ccc5cc(-c6ccc7nc(-c8ccc9c%10ccccc%10c%10ccccc%10c9c8)ccc7c6)ccc5n4)cc3)nc12. The maximum absolute atomic E-state index is 5.15. The van der Waals surface area contributed by atoms with Gasteiger partial charge in [-0.3, -0.25) is 15.0 Å². The molecule has 8 heteroatoms. The van der Waals surface area contributed by atoms with Crippen LogP contribution in [0.1, 0.15) is 0 Å². The van der Waals surface area contributed by atoms with Gasteiger partial charge in [-0.1, -0.05) is 231 Å². The number of hydrogen-bond acceptors (Lipinski definition) is 8. The average molecular weight is 1320 g/mol. The Morgan fingerprint density at radius 1 is 0.154 bits per heavy atom. The van der Waals surface area contributed by atoms with Crippen molar-refractivity contribution in [2.45, 2.75) is 0 Å². The molecule has 8 heterocycles. The summed E-state index contributed by atoms with van der Waals surface area (Å²) >= 11 is 0. The summed E-state index contributed by atoms with van der Waals surface area (Å²) in [5.41, 5.74) is 24.7. The number of aromatic nitrogens is 8. The van der Waals surface area contributed by atoms with Crippen molar-refractivity contribution < 1.29 is 0 Å². The Balaban J connectivity index is 0.000000142. The highest BCUT2D eigenvalue weighted by atomic mass is 14.8. The molecule has 0 bridgehead atoms. The Hall–Kier alpha value is -14.1. The van der Waals surface area contributed by atoms with Crippen LogP contribution in [0.3, 0.4) is 0 Å². The molecule has 0 unspecified atom stereocenters. The van der Waals surface area contributed by atoms with Crippen molar-refractivity contribution in [3.8, 4) is 89.7 Å². The van der Waals surface area contributed by atoms with Crippen LogP contribution in [0.4, 0.5) is 0 Å². The van der Waals surface area contributed by atoms with Crippen LogP contribution in [0.2, 0.25) is 0 Å². The molecule has 0 N–H and O–H groups in total. The third-order valence-corrected chi connectivity index (χ3v) is 20.4. The van der Waals surface area contributed by atoms with E-state index in [-0.39, 0.29) is 0 Å². The molecule has 0 spiro atoms. The van der Waals surface area contributed by atoms with Gasteiger partial charge < -0.3 is 0 Å². The molecule has 0 aliphatic rings. The van der Waals surface area contributed by atoms with Gasteiger partial charge in [-0.2, -0.15) is 0 Å². The lowest BCUT2D eigenvalue weighted by molar-refractivity contribution is 1.36. The third-order valence-electron chi connectivity index (χ3n) is 20.4. The molecule has 21 rings (SSSR count). The Bertz CT molecular complexity index is 7000. The highest BCUT2D eigenvalue weighted by Crippen LogP contribution is 2.40. The van der Waals surface area contributed by atoms with Gasteiger partial charge in [0, 0.05) is 89.5 Å². The second-order valence-electron chi connectivity index (χ2n) is 26.6. The van der Waals surface area contributed by atoms with E-state index in [1.54, 1.807) is 0 Å². The molecule has 21 aromatic rings. The maximum Gasteiger partial charge on any atom is 0.0972 e. The monoisotopic (exact) mass is 1320 g/mol. The highest BCUT2D eigenvalue weighted by molar-refractivity contribution is 6.26. The van der Waals surface area contributed by atoms with Crippen LogP contribution in [-0.4, -0.2) is 39.9 Å². The topological polar surface area (TPSA) is 103 Å². The van der Waals surface area contributed by atoms with E-state index in [2.05, 4.69) is 318 Å². The van der Waals surface area contributed by atoms with Crippen molar-refractivity contribution in [3.63, 3.8) is 0 Å². The molecule has 0 atom stereocenters. The second kappa shape index (κ2) is 25.0. The zero-order chi connectivity index (χ0) is 68.6. The average Bonchev–Trinajstić information content (AvgIpc) is 0.743. The van der Waals surface area contributed by atoms with Gasteiger partial charge in [0.25, 0.3) is 0 Å². The first-order valence-corrected chi connectivity index (χ1v) is 35.0. The van der Waals surface area contributed by atoms with Crippen molar-refractivity contribution in [2.75, 3.05) is 0 Å². The first kappa shape index (κ1) is 59.9. The maximum atomic E-state index is 5.15. The zero-order valence-electron chi connectivity index (χ0n) is 56.1. The summed E-state index contributed by atoms with van der Waals surface area (Å²) in [6.45, 7) is 0. The van der Waals surface area contributed by atoms with Crippen LogP contribution < -0.4 is 0 Å². The van der Waals surface area contributed by atoms with Gasteiger partial charge in [-0.25, -0.2) is 24.9 Å². The van der Waals surface area contributed by atoms with Crippen LogP contribution in [0.5, 0.6) is 0 Å². The molecule has 8 aromatic heterocycles. The van der Waals surface area contributed by atoms with Gasteiger partial charge >= 0.3 is 0 Å². The molecule has 0 aliphatic carbocycles. The number of pyridine rings is 8. The van der Waals surface area contributed by atoms with Crippen LogP contribution in [0.25, 0.3) is 209 Å². The summed E-state index contributed by atoms with van der Waals surface area (Å²) in [6, 6.07) is 118. The molecule has 0 saturated carbocycles. The molecule has 8 nitrogen and oxygen atoms in total. The van der Waals surface area contributed by atoms with E-state index in [1.807, 2.05) is 48.9 Å². The molecule has 0 saturated heterocycles. The number of nitrogens with zero attached hydrogens (tertiary/aromatic N) is 8. The van der Waals surface area contributed by atoms with Crippen molar-refractivity contribution in [1.82, 2.24) is 39.9 Å². The Labute approximate surface area is 597 Å². The fraction of sp³-hybridized carbons (Fsp3) is 0. The van der Waals surface area contributed by atoms with Gasteiger partial charge in [0.05, 0.1) is 72.6 Å². The summed E-state index contributed by atoms with van der Waals surface area (Å²) in [5, 5.41) is 16.4. The van der Waals surface area contributed by atoms with Crippen LogP contribution in [-0.2, 0) is 0 Å². The predicted octanol–water partition coefficient (Wildman–Crippen LogP) is 24.6. The molecule has 104 heavy (non-hydrogen) atoms. The normalized spacial score (nSPS) is 11.7. The largest absolute Gasteiger partial charge is 0.254 e. The molecule has 0 aliphatic heterocycles. The van der Waals surface area contributed by atoms with Crippen LogP contribution in [0, 0.1) is 0 Å². The summed E-state index contributed by atoms with van der Waals surface area (Å²) in [4.78, 5) is 39.0. The minimum Gasteiger partial charge on any atom is -0.254 e. The lowest BCUT2D eigenvalue weighted by Crippen LogP contribution is -1.90. The standard InChI is InChI=1S/C54H32N4.C42H26N4/c1-2-9-44-42(7-1)43-8-3-4-10-45(43)47-32-41(17-23-46(44)47)52-28-22-40-31-38(20-26-51(40)57-52)37-19-25-50-39(30-37)21-27-48(56-50)33-11-13-34(14-12-33)49-24-18-36-16-15-35-6-5-29-55-53(35)54(36)58-49;1-2-5-28(6-3-1)37-20-15-33-25-31(13-18-39(33)45-37)32-14-19-40-34(26-32)16-21-38(46-40)29-10-8-27(9-11-29)35-22-24-44-42-36(35)17-12-30-7-4-23-43-41(30)42/h1-32H;1-26H. The molecular formula is C96H58N8. The van der Waals surface area contributed by atoms with Gasteiger partial charge in [0.2, 0.25) is 0 Å². The number of fused-ring (bicyclic) bond motifs is 16. The molecular weight excluding hydrogens is 1270 g/mol. The number of benzene rings is 13.